The van der Waals surface area contributed by atoms with Crippen LogP contribution in [0.15, 0.2) is 37.2 Å². The molecule has 0 aliphatic carbocycles. The van der Waals surface area contributed by atoms with Crippen LogP contribution in [0.4, 0.5) is 0 Å². The summed E-state index contributed by atoms with van der Waals surface area (Å²) in [6.07, 6.45) is 5.62. The van der Waals surface area contributed by atoms with E-state index < -0.39 is 18.0 Å². The van der Waals surface area contributed by atoms with Gasteiger partial charge in [0.15, 0.2) is 18.6 Å². The zero-order valence-electron chi connectivity index (χ0n) is 11.4. The van der Waals surface area contributed by atoms with Gasteiger partial charge in [-0.3, -0.25) is 0 Å². The van der Waals surface area contributed by atoms with Gasteiger partial charge in [0.1, 0.15) is 0 Å². The molecule has 19 heavy (non-hydrogen) atoms. The van der Waals surface area contributed by atoms with Crippen molar-refractivity contribution in [2.45, 2.75) is 6.04 Å². The van der Waals surface area contributed by atoms with Crippen LogP contribution in [0.2, 0.25) is 0 Å². The number of likely N-dealkylation sites (N-methyl/N-ethyl adjacent to an activating group) is 1. The number of quaternary nitrogens is 1. The molecule has 1 aromatic rings. The van der Waals surface area contributed by atoms with E-state index in [0.29, 0.717) is 0 Å². The molecule has 0 aliphatic heterocycles. The standard InChI is InChI=1S/C7H8N.C6H11NO4/c1-2-8-6-4-3-5-7-8;1-7(2,3)4(5(8)9)6(10)11/h2-7H,1H2;4H,1-3H3,(H-,8,9,10,11)/q+1;/p+1. The summed E-state index contributed by atoms with van der Waals surface area (Å²) in [5.41, 5.74) is 0. The summed E-state index contributed by atoms with van der Waals surface area (Å²) in [5, 5.41) is 17.0. The molecule has 0 atom stereocenters. The summed E-state index contributed by atoms with van der Waals surface area (Å²) in [7, 11) is 4.56. The Bertz CT molecular complexity index is 424. The van der Waals surface area contributed by atoms with E-state index >= 15 is 0 Å². The Kier molecular flexibility index (Phi) is 6.43. The average molecular weight is 268 g/mol. The van der Waals surface area contributed by atoms with E-state index in [4.69, 9.17) is 10.2 Å². The first kappa shape index (κ1) is 16.8. The minimum atomic E-state index is -1.39. The Morgan fingerprint density at radius 3 is 1.68 bits per heavy atom. The molecular weight excluding hydrogens is 248 g/mol. The summed E-state index contributed by atoms with van der Waals surface area (Å²) in [4.78, 5) is 20.8. The molecule has 1 aromatic heterocycles. The van der Waals surface area contributed by atoms with E-state index in [9.17, 15) is 9.59 Å². The topological polar surface area (TPSA) is 78.5 Å². The molecule has 0 saturated carbocycles. The molecule has 0 amide bonds. The lowest BCUT2D eigenvalue weighted by Gasteiger charge is -2.27. The van der Waals surface area contributed by atoms with Gasteiger partial charge in [-0.1, -0.05) is 6.07 Å². The van der Waals surface area contributed by atoms with E-state index in [0.717, 1.165) is 0 Å². The number of carbonyl (C=O) groups is 2. The fraction of sp³-hybridized carbons (Fsp3) is 0.308. The van der Waals surface area contributed by atoms with Crippen LogP contribution in [0.25, 0.3) is 6.20 Å². The highest BCUT2D eigenvalue weighted by Crippen LogP contribution is 2.02. The van der Waals surface area contributed by atoms with Gasteiger partial charge < -0.3 is 14.7 Å². The molecule has 0 aromatic carbocycles. The molecule has 6 heteroatoms. The van der Waals surface area contributed by atoms with Crippen molar-refractivity contribution < 1.29 is 28.9 Å². The summed E-state index contributed by atoms with van der Waals surface area (Å²) in [6.45, 7) is 3.59. The van der Waals surface area contributed by atoms with E-state index in [1.807, 2.05) is 35.2 Å². The van der Waals surface area contributed by atoms with Gasteiger partial charge >= 0.3 is 11.9 Å². The Hall–Kier alpha value is -2.21. The predicted molar refractivity (Wildman–Crippen MR) is 70.1 cm³/mol. The average Bonchev–Trinajstić information content (AvgIpc) is 2.27. The Labute approximate surface area is 112 Å². The second-order valence-corrected chi connectivity index (χ2v) is 4.70. The van der Waals surface area contributed by atoms with Crippen molar-refractivity contribution in [1.82, 2.24) is 0 Å². The number of pyridine rings is 1. The van der Waals surface area contributed by atoms with Crippen molar-refractivity contribution in [1.29, 1.82) is 0 Å². The summed E-state index contributed by atoms with van der Waals surface area (Å²) >= 11 is 0. The highest BCUT2D eigenvalue weighted by molar-refractivity contribution is 5.95. The van der Waals surface area contributed by atoms with Crippen LogP contribution in [0.1, 0.15) is 0 Å². The molecule has 0 saturated heterocycles. The second kappa shape index (κ2) is 7.27. The molecule has 0 aliphatic rings. The minimum absolute atomic E-state index is 0.120. The van der Waals surface area contributed by atoms with Crippen molar-refractivity contribution in [3.05, 3.63) is 37.2 Å². The molecule has 0 unspecified atom stereocenters. The maximum absolute atomic E-state index is 10.4. The third-order valence-electron chi connectivity index (χ3n) is 2.19. The van der Waals surface area contributed by atoms with E-state index in [2.05, 4.69) is 6.58 Å². The van der Waals surface area contributed by atoms with Crippen LogP contribution >= 0.6 is 0 Å². The van der Waals surface area contributed by atoms with Crippen LogP contribution in [0.3, 0.4) is 0 Å². The zero-order chi connectivity index (χ0) is 15.1. The van der Waals surface area contributed by atoms with Gasteiger partial charge in [0.05, 0.1) is 21.1 Å². The lowest BCUT2D eigenvalue weighted by molar-refractivity contribution is -0.878. The van der Waals surface area contributed by atoms with Crippen LogP contribution in [0, 0.1) is 0 Å². The number of carboxylic acid groups (broad SMARTS) is 2. The molecule has 104 valence electrons. The SMILES string of the molecule is C=C[n+]1ccccc1.C[N+](C)(C)C(C(=O)O)C(=O)O. The molecule has 0 spiro atoms. The zero-order valence-corrected chi connectivity index (χ0v) is 11.4. The third kappa shape index (κ3) is 6.32. The van der Waals surface area contributed by atoms with Crippen LogP contribution in [-0.2, 0) is 9.59 Å². The molecule has 1 rings (SSSR count). The number of carboxylic acids is 2. The highest BCUT2D eigenvalue weighted by atomic mass is 16.4. The first-order valence-electron chi connectivity index (χ1n) is 5.55. The van der Waals surface area contributed by atoms with Crippen LogP contribution in [-0.4, -0.2) is 53.8 Å². The first-order chi connectivity index (χ1) is 8.70. The smallest absolute Gasteiger partial charge is 0.374 e. The quantitative estimate of drug-likeness (QED) is 0.468. The van der Waals surface area contributed by atoms with Gasteiger partial charge in [-0.25, -0.2) is 9.59 Å². The van der Waals surface area contributed by atoms with Gasteiger partial charge in [0.25, 0.3) is 6.04 Å². The molecule has 0 bridgehead atoms. The van der Waals surface area contributed by atoms with Crippen molar-refractivity contribution in [2.24, 2.45) is 0 Å². The normalized spacial score (nSPS) is 10.3. The van der Waals surface area contributed by atoms with Gasteiger partial charge in [-0.2, -0.15) is 4.57 Å². The number of aliphatic carboxylic acids is 2. The number of rotatable bonds is 4. The van der Waals surface area contributed by atoms with Crippen molar-refractivity contribution in [2.75, 3.05) is 21.1 Å². The molecular formula is C13H20N2O4+2. The van der Waals surface area contributed by atoms with E-state index in [1.54, 1.807) is 6.20 Å². The van der Waals surface area contributed by atoms with Crippen molar-refractivity contribution in [3.63, 3.8) is 0 Å². The Morgan fingerprint density at radius 1 is 1.11 bits per heavy atom. The lowest BCUT2D eigenvalue weighted by Crippen LogP contribution is -2.54. The third-order valence-corrected chi connectivity index (χ3v) is 2.19. The summed E-state index contributed by atoms with van der Waals surface area (Å²) < 4.78 is 1.77. The predicted octanol–water partition coefficient (Wildman–Crippen LogP) is 0.305. The van der Waals surface area contributed by atoms with Gasteiger partial charge in [0, 0.05) is 12.1 Å². The molecule has 1 heterocycles. The van der Waals surface area contributed by atoms with Gasteiger partial charge in [-0.15, -0.1) is 0 Å². The molecule has 2 N–H and O–H groups in total. The maximum Gasteiger partial charge on any atom is 0.374 e. The van der Waals surface area contributed by atoms with Gasteiger partial charge in [0.2, 0.25) is 0 Å². The summed E-state index contributed by atoms with van der Waals surface area (Å²) in [6, 6.07) is 4.50. The largest absolute Gasteiger partial charge is 0.476 e. The number of hydrogen-bond donors (Lipinski definition) is 2. The summed E-state index contributed by atoms with van der Waals surface area (Å²) in [5.74, 6) is -2.63. The fourth-order valence-corrected chi connectivity index (χ4v) is 1.30. The van der Waals surface area contributed by atoms with Gasteiger partial charge in [-0.05, 0) is 6.58 Å². The number of nitrogens with zero attached hydrogens (tertiary/aromatic N) is 2. The monoisotopic (exact) mass is 268 g/mol. The van der Waals surface area contributed by atoms with E-state index in [1.165, 1.54) is 21.1 Å². The fourth-order valence-electron chi connectivity index (χ4n) is 1.30. The van der Waals surface area contributed by atoms with Crippen LogP contribution in [0.5, 0.6) is 0 Å². The Balaban J connectivity index is 0.000000356. The Morgan fingerprint density at radius 2 is 1.53 bits per heavy atom. The molecule has 6 nitrogen and oxygen atoms in total. The lowest BCUT2D eigenvalue weighted by atomic mass is 10.2. The van der Waals surface area contributed by atoms with Crippen molar-refractivity contribution in [3.8, 4) is 0 Å². The molecule has 0 radical (unpaired) electrons. The number of aromatic nitrogens is 1. The minimum Gasteiger partial charge on any atom is -0.476 e. The van der Waals surface area contributed by atoms with Crippen LogP contribution < -0.4 is 4.57 Å². The second-order valence-electron chi connectivity index (χ2n) is 4.70. The highest BCUT2D eigenvalue weighted by Gasteiger charge is 2.38. The van der Waals surface area contributed by atoms with E-state index in [-0.39, 0.29) is 4.48 Å². The van der Waals surface area contributed by atoms with Crippen molar-refractivity contribution >= 4 is 18.1 Å². The number of hydrogen-bond acceptors (Lipinski definition) is 2. The molecule has 0 fully saturated rings. The maximum atomic E-state index is 10.4. The first-order valence-corrected chi connectivity index (χ1v) is 5.55.